The van der Waals surface area contributed by atoms with E-state index < -0.39 is 6.04 Å². The summed E-state index contributed by atoms with van der Waals surface area (Å²) in [4.78, 5) is 0. The van der Waals surface area contributed by atoms with Gasteiger partial charge in [-0.2, -0.15) is 10.4 Å². The fraction of sp³-hybridized carbons (Fsp3) is 0.600. The predicted molar refractivity (Wildman–Crippen MR) is 56.1 cm³/mol. The molecule has 0 aliphatic carbocycles. The molecule has 5 heteroatoms. The molecule has 5 nitrogen and oxygen atoms in total. The van der Waals surface area contributed by atoms with Crippen molar-refractivity contribution in [3.63, 3.8) is 0 Å². The molecule has 0 spiro atoms. The molecule has 1 aromatic rings. The maximum atomic E-state index is 8.92. The van der Waals surface area contributed by atoms with E-state index in [1.807, 2.05) is 20.0 Å². The van der Waals surface area contributed by atoms with Gasteiger partial charge in [0, 0.05) is 24.3 Å². The molecule has 82 valence electrons. The van der Waals surface area contributed by atoms with E-state index in [-0.39, 0.29) is 12.6 Å². The van der Waals surface area contributed by atoms with Gasteiger partial charge in [0.15, 0.2) is 0 Å². The van der Waals surface area contributed by atoms with Crippen LogP contribution < -0.4 is 5.32 Å². The average Bonchev–Trinajstić information content (AvgIpc) is 2.68. The summed E-state index contributed by atoms with van der Waals surface area (Å²) in [6.07, 6.45) is 3.53. The minimum atomic E-state index is -0.398. The molecule has 15 heavy (non-hydrogen) atoms. The molecule has 1 aromatic heterocycles. The SMILES string of the molecule is CC(C)n1cc(C(C#N)NCCO)cn1. The molecule has 0 aliphatic heterocycles. The molecule has 1 rings (SSSR count). The third kappa shape index (κ3) is 3.05. The van der Waals surface area contributed by atoms with Gasteiger partial charge in [-0.25, -0.2) is 0 Å². The summed E-state index contributed by atoms with van der Waals surface area (Å²) < 4.78 is 1.81. The van der Waals surface area contributed by atoms with Crippen molar-refractivity contribution in [1.82, 2.24) is 15.1 Å². The van der Waals surface area contributed by atoms with Crippen LogP contribution in [0.1, 0.15) is 31.5 Å². The van der Waals surface area contributed by atoms with Crippen molar-refractivity contribution in [2.45, 2.75) is 25.9 Å². The van der Waals surface area contributed by atoms with Gasteiger partial charge < -0.3 is 5.11 Å². The number of aliphatic hydroxyl groups is 1. The minimum Gasteiger partial charge on any atom is -0.395 e. The van der Waals surface area contributed by atoms with Gasteiger partial charge in [-0.1, -0.05) is 0 Å². The Labute approximate surface area is 89.3 Å². The highest BCUT2D eigenvalue weighted by Crippen LogP contribution is 2.13. The minimum absolute atomic E-state index is 0.0243. The number of nitriles is 1. The van der Waals surface area contributed by atoms with E-state index in [0.717, 1.165) is 5.56 Å². The predicted octanol–water partition coefficient (Wildman–Crippen LogP) is 0.611. The van der Waals surface area contributed by atoms with E-state index in [1.54, 1.807) is 10.9 Å². The van der Waals surface area contributed by atoms with Crippen molar-refractivity contribution in [2.75, 3.05) is 13.2 Å². The zero-order chi connectivity index (χ0) is 11.3. The van der Waals surface area contributed by atoms with Gasteiger partial charge in [0.05, 0.1) is 18.9 Å². The molecular weight excluding hydrogens is 192 g/mol. The summed E-state index contributed by atoms with van der Waals surface area (Å²) in [5.41, 5.74) is 0.833. The average molecular weight is 208 g/mol. The van der Waals surface area contributed by atoms with Crippen molar-refractivity contribution in [3.8, 4) is 6.07 Å². The second kappa shape index (κ2) is 5.49. The number of hydrogen-bond donors (Lipinski definition) is 2. The third-order valence-corrected chi connectivity index (χ3v) is 2.07. The fourth-order valence-corrected chi connectivity index (χ4v) is 1.23. The van der Waals surface area contributed by atoms with Crippen LogP contribution in [0.5, 0.6) is 0 Å². The number of rotatable bonds is 5. The first-order valence-electron chi connectivity index (χ1n) is 4.97. The highest BCUT2D eigenvalue weighted by molar-refractivity contribution is 5.17. The van der Waals surface area contributed by atoms with Gasteiger partial charge in [-0.05, 0) is 13.8 Å². The summed E-state index contributed by atoms with van der Waals surface area (Å²) >= 11 is 0. The third-order valence-electron chi connectivity index (χ3n) is 2.07. The Bertz CT molecular complexity index is 339. The topological polar surface area (TPSA) is 73.9 Å². The van der Waals surface area contributed by atoms with E-state index in [1.165, 1.54) is 0 Å². The number of hydrogen-bond acceptors (Lipinski definition) is 4. The molecule has 2 N–H and O–H groups in total. The van der Waals surface area contributed by atoms with Gasteiger partial charge in [-0.15, -0.1) is 0 Å². The van der Waals surface area contributed by atoms with Gasteiger partial charge in [0.25, 0.3) is 0 Å². The van der Waals surface area contributed by atoms with E-state index in [4.69, 9.17) is 10.4 Å². The molecular formula is C10H16N4O. The lowest BCUT2D eigenvalue weighted by Crippen LogP contribution is -2.22. The lowest BCUT2D eigenvalue weighted by Gasteiger charge is -2.08. The summed E-state index contributed by atoms with van der Waals surface area (Å²) in [6.45, 7) is 4.49. The Morgan fingerprint density at radius 2 is 2.40 bits per heavy atom. The maximum Gasteiger partial charge on any atom is 0.124 e. The zero-order valence-electron chi connectivity index (χ0n) is 9.01. The van der Waals surface area contributed by atoms with Gasteiger partial charge in [0.2, 0.25) is 0 Å². The van der Waals surface area contributed by atoms with Crippen LogP contribution >= 0.6 is 0 Å². The first-order valence-corrected chi connectivity index (χ1v) is 4.97. The van der Waals surface area contributed by atoms with Gasteiger partial charge in [0.1, 0.15) is 6.04 Å². The van der Waals surface area contributed by atoms with Crippen LogP contribution in [0.2, 0.25) is 0 Å². The summed E-state index contributed by atoms with van der Waals surface area (Å²) in [7, 11) is 0. The smallest absolute Gasteiger partial charge is 0.124 e. The molecule has 0 aromatic carbocycles. The molecule has 0 saturated heterocycles. The normalized spacial score (nSPS) is 12.7. The quantitative estimate of drug-likeness (QED) is 0.743. The van der Waals surface area contributed by atoms with Crippen molar-refractivity contribution in [1.29, 1.82) is 5.26 Å². The monoisotopic (exact) mass is 208 g/mol. The largest absolute Gasteiger partial charge is 0.395 e. The Hall–Kier alpha value is -1.38. The van der Waals surface area contributed by atoms with Crippen LogP contribution in [0.4, 0.5) is 0 Å². The van der Waals surface area contributed by atoms with Crippen LogP contribution in [-0.4, -0.2) is 28.0 Å². The highest BCUT2D eigenvalue weighted by atomic mass is 16.3. The van der Waals surface area contributed by atoms with Crippen LogP contribution in [-0.2, 0) is 0 Å². The Morgan fingerprint density at radius 3 is 2.87 bits per heavy atom. The second-order valence-electron chi connectivity index (χ2n) is 3.59. The standard InChI is InChI=1S/C10H16N4O/c1-8(2)14-7-9(6-13-14)10(5-11)12-3-4-15/h6-8,10,12,15H,3-4H2,1-2H3. The van der Waals surface area contributed by atoms with Crippen LogP contribution in [0.25, 0.3) is 0 Å². The van der Waals surface area contributed by atoms with Crippen molar-refractivity contribution >= 4 is 0 Å². The molecule has 0 saturated carbocycles. The molecule has 1 unspecified atom stereocenters. The number of nitrogens with zero attached hydrogens (tertiary/aromatic N) is 3. The summed E-state index contributed by atoms with van der Waals surface area (Å²) in [6, 6.07) is 2.02. The molecule has 0 aliphatic rings. The molecule has 0 amide bonds. The van der Waals surface area contributed by atoms with Gasteiger partial charge in [-0.3, -0.25) is 10.00 Å². The second-order valence-corrected chi connectivity index (χ2v) is 3.59. The number of aromatic nitrogens is 2. The summed E-state index contributed by atoms with van der Waals surface area (Å²) in [5.74, 6) is 0. The number of nitrogens with one attached hydrogen (secondary N) is 1. The maximum absolute atomic E-state index is 8.92. The zero-order valence-corrected chi connectivity index (χ0v) is 9.01. The van der Waals surface area contributed by atoms with Crippen molar-refractivity contribution < 1.29 is 5.11 Å². The van der Waals surface area contributed by atoms with E-state index in [2.05, 4.69) is 16.5 Å². The molecule has 0 radical (unpaired) electrons. The molecule has 1 heterocycles. The van der Waals surface area contributed by atoms with Crippen LogP contribution in [0, 0.1) is 11.3 Å². The first kappa shape index (κ1) is 11.7. The Morgan fingerprint density at radius 1 is 1.67 bits per heavy atom. The van der Waals surface area contributed by atoms with Crippen LogP contribution in [0.3, 0.4) is 0 Å². The van der Waals surface area contributed by atoms with Crippen LogP contribution in [0.15, 0.2) is 12.4 Å². The van der Waals surface area contributed by atoms with Gasteiger partial charge >= 0.3 is 0 Å². The lowest BCUT2D eigenvalue weighted by atomic mass is 10.2. The fourth-order valence-electron chi connectivity index (χ4n) is 1.23. The van der Waals surface area contributed by atoms with E-state index in [9.17, 15) is 0 Å². The molecule has 1 atom stereocenters. The number of aliphatic hydroxyl groups excluding tert-OH is 1. The summed E-state index contributed by atoms with van der Waals surface area (Å²) in [5, 5.41) is 24.7. The highest BCUT2D eigenvalue weighted by Gasteiger charge is 2.12. The van der Waals surface area contributed by atoms with E-state index in [0.29, 0.717) is 6.54 Å². The molecule has 0 fully saturated rings. The lowest BCUT2D eigenvalue weighted by molar-refractivity contribution is 0.289. The first-order chi connectivity index (χ1) is 7.19. The Kier molecular flexibility index (Phi) is 4.28. The van der Waals surface area contributed by atoms with Crippen molar-refractivity contribution in [3.05, 3.63) is 18.0 Å². The Balaban J connectivity index is 2.71. The molecule has 0 bridgehead atoms. The van der Waals surface area contributed by atoms with E-state index >= 15 is 0 Å². The van der Waals surface area contributed by atoms with Crippen molar-refractivity contribution in [2.24, 2.45) is 0 Å².